The number of hydrogen-bond acceptors (Lipinski definition) is 5. The highest BCUT2D eigenvalue weighted by molar-refractivity contribution is 5.68. The van der Waals surface area contributed by atoms with E-state index in [9.17, 15) is 4.79 Å². The van der Waals surface area contributed by atoms with Crippen LogP contribution in [0.25, 0.3) is 0 Å². The lowest BCUT2D eigenvalue weighted by molar-refractivity contribution is 0.0263. The fourth-order valence-corrected chi connectivity index (χ4v) is 2.59. The van der Waals surface area contributed by atoms with Crippen LogP contribution in [0.1, 0.15) is 27.2 Å². The summed E-state index contributed by atoms with van der Waals surface area (Å²) in [5.74, 6) is 0.744. The second kappa shape index (κ2) is 6.98. The molecule has 0 radical (unpaired) electrons. The van der Waals surface area contributed by atoms with Gasteiger partial charge in [-0.05, 0) is 33.3 Å². The smallest absolute Gasteiger partial charge is 0.410 e. The highest BCUT2D eigenvalue weighted by Gasteiger charge is 2.24. The fourth-order valence-electron chi connectivity index (χ4n) is 2.59. The van der Waals surface area contributed by atoms with Crippen LogP contribution in [0.15, 0.2) is 18.2 Å². The first kappa shape index (κ1) is 17.2. The van der Waals surface area contributed by atoms with Crippen LogP contribution in [-0.4, -0.2) is 49.9 Å². The highest BCUT2D eigenvalue weighted by atomic mass is 16.6. The Hall–Kier alpha value is -2.11. The first-order valence-corrected chi connectivity index (χ1v) is 7.96. The maximum absolute atomic E-state index is 12.2. The number of amides is 1. The number of anilines is 2. The molecule has 23 heavy (non-hydrogen) atoms. The first-order chi connectivity index (χ1) is 10.8. The van der Waals surface area contributed by atoms with E-state index in [2.05, 4.69) is 4.90 Å². The van der Waals surface area contributed by atoms with E-state index in [-0.39, 0.29) is 6.09 Å². The van der Waals surface area contributed by atoms with Gasteiger partial charge in [-0.15, -0.1) is 0 Å². The molecule has 0 aromatic heterocycles. The number of methoxy groups -OCH3 is 1. The largest absolute Gasteiger partial charge is 0.497 e. The summed E-state index contributed by atoms with van der Waals surface area (Å²) in [4.78, 5) is 16.2. The molecule has 0 unspecified atom stereocenters. The van der Waals surface area contributed by atoms with Gasteiger partial charge in [-0.25, -0.2) is 4.79 Å². The first-order valence-electron chi connectivity index (χ1n) is 7.96. The van der Waals surface area contributed by atoms with Crippen LogP contribution in [0, 0.1) is 0 Å². The summed E-state index contributed by atoms with van der Waals surface area (Å²) in [7, 11) is 1.63. The van der Waals surface area contributed by atoms with Gasteiger partial charge in [0.05, 0.1) is 7.11 Å². The molecule has 1 aliphatic heterocycles. The molecule has 1 aromatic rings. The molecule has 128 valence electrons. The third-order valence-corrected chi connectivity index (χ3v) is 3.66. The van der Waals surface area contributed by atoms with Gasteiger partial charge in [-0.2, -0.15) is 0 Å². The van der Waals surface area contributed by atoms with Gasteiger partial charge < -0.3 is 25.0 Å². The second-order valence-electron chi connectivity index (χ2n) is 6.77. The highest BCUT2D eigenvalue weighted by Crippen LogP contribution is 2.26. The zero-order valence-corrected chi connectivity index (χ0v) is 14.5. The molecule has 1 aromatic carbocycles. The van der Waals surface area contributed by atoms with Crippen molar-refractivity contribution in [3.63, 3.8) is 0 Å². The second-order valence-corrected chi connectivity index (χ2v) is 6.77. The number of benzene rings is 1. The average Bonchev–Trinajstić information content (AvgIpc) is 2.70. The molecule has 6 nitrogen and oxygen atoms in total. The summed E-state index contributed by atoms with van der Waals surface area (Å²) in [5, 5.41) is 0. The predicted octanol–water partition coefficient (Wildman–Crippen LogP) is 2.72. The van der Waals surface area contributed by atoms with Gasteiger partial charge in [0.1, 0.15) is 11.4 Å². The Morgan fingerprint density at radius 3 is 2.52 bits per heavy atom. The van der Waals surface area contributed by atoms with Crippen molar-refractivity contribution in [1.29, 1.82) is 0 Å². The van der Waals surface area contributed by atoms with Crippen LogP contribution in [0.5, 0.6) is 5.75 Å². The predicted molar refractivity (Wildman–Crippen MR) is 92.0 cm³/mol. The number of nitrogens with two attached hydrogens (primary N) is 1. The topological polar surface area (TPSA) is 68.0 Å². The zero-order valence-electron chi connectivity index (χ0n) is 14.5. The number of carbonyl (C=O) groups is 1. The van der Waals surface area contributed by atoms with Gasteiger partial charge in [0, 0.05) is 49.7 Å². The lowest BCUT2D eigenvalue weighted by atomic mass is 10.2. The van der Waals surface area contributed by atoms with Crippen LogP contribution < -0.4 is 15.4 Å². The molecule has 2 N–H and O–H groups in total. The molecule has 0 spiro atoms. The van der Waals surface area contributed by atoms with E-state index in [4.69, 9.17) is 15.2 Å². The number of carbonyl (C=O) groups excluding carboxylic acids is 1. The number of ether oxygens (including phenoxy) is 2. The molecule has 2 rings (SSSR count). The summed E-state index contributed by atoms with van der Waals surface area (Å²) < 4.78 is 10.7. The molecule has 6 heteroatoms. The zero-order chi connectivity index (χ0) is 17.0. The lowest BCUT2D eigenvalue weighted by Gasteiger charge is -2.27. The van der Waals surface area contributed by atoms with E-state index in [1.807, 2.05) is 32.9 Å². The Morgan fingerprint density at radius 2 is 1.87 bits per heavy atom. The van der Waals surface area contributed by atoms with Gasteiger partial charge in [0.2, 0.25) is 0 Å². The summed E-state index contributed by atoms with van der Waals surface area (Å²) >= 11 is 0. The minimum Gasteiger partial charge on any atom is -0.497 e. The third kappa shape index (κ3) is 4.94. The van der Waals surface area contributed by atoms with Crippen LogP contribution in [0.4, 0.5) is 16.2 Å². The monoisotopic (exact) mass is 321 g/mol. The van der Waals surface area contributed by atoms with Crippen molar-refractivity contribution < 1.29 is 14.3 Å². The SMILES string of the molecule is COc1cc(N)cc(N2CCCN(C(=O)OC(C)(C)C)CC2)c1. The van der Waals surface area contributed by atoms with Crippen LogP contribution in [0.3, 0.4) is 0 Å². The maximum Gasteiger partial charge on any atom is 0.410 e. The molecule has 0 aliphatic carbocycles. The summed E-state index contributed by atoms with van der Waals surface area (Å²) in [6.07, 6.45) is 0.639. The van der Waals surface area contributed by atoms with Gasteiger partial charge in [0.15, 0.2) is 0 Å². The Kier molecular flexibility index (Phi) is 5.23. The van der Waals surface area contributed by atoms with Crippen LogP contribution in [0.2, 0.25) is 0 Å². The average molecular weight is 321 g/mol. The van der Waals surface area contributed by atoms with Gasteiger partial charge in [-0.3, -0.25) is 0 Å². The van der Waals surface area contributed by atoms with E-state index in [1.165, 1.54) is 0 Å². The minimum absolute atomic E-state index is 0.246. The van der Waals surface area contributed by atoms with Crippen molar-refractivity contribution in [2.24, 2.45) is 0 Å². The normalized spacial score (nSPS) is 16.0. The van der Waals surface area contributed by atoms with Crippen molar-refractivity contribution in [3.05, 3.63) is 18.2 Å². The molecule has 1 fully saturated rings. The third-order valence-electron chi connectivity index (χ3n) is 3.66. The van der Waals surface area contributed by atoms with Crippen molar-refractivity contribution in [2.75, 3.05) is 43.9 Å². The van der Waals surface area contributed by atoms with E-state index in [1.54, 1.807) is 18.1 Å². The van der Waals surface area contributed by atoms with E-state index >= 15 is 0 Å². The Balaban J connectivity index is 2.04. The maximum atomic E-state index is 12.2. The van der Waals surface area contributed by atoms with E-state index < -0.39 is 5.60 Å². The molecule has 1 amide bonds. The molecule has 1 aliphatic rings. The Morgan fingerprint density at radius 1 is 1.13 bits per heavy atom. The molecule has 0 bridgehead atoms. The van der Waals surface area contributed by atoms with Crippen molar-refractivity contribution in [2.45, 2.75) is 32.8 Å². The summed E-state index contributed by atoms with van der Waals surface area (Å²) in [6.45, 7) is 8.59. The molecular weight excluding hydrogens is 294 g/mol. The molecule has 1 heterocycles. The molecule has 1 saturated heterocycles. The number of rotatable bonds is 2. The molecule has 0 saturated carbocycles. The van der Waals surface area contributed by atoms with E-state index in [0.717, 1.165) is 30.9 Å². The molecule has 0 atom stereocenters. The minimum atomic E-state index is -0.468. The summed E-state index contributed by atoms with van der Waals surface area (Å²) in [6, 6.07) is 5.71. The fraction of sp³-hybridized carbons (Fsp3) is 0.588. The van der Waals surface area contributed by atoms with Gasteiger partial charge >= 0.3 is 6.09 Å². The number of nitrogens with zero attached hydrogens (tertiary/aromatic N) is 2. The van der Waals surface area contributed by atoms with Crippen molar-refractivity contribution in [1.82, 2.24) is 4.90 Å². The van der Waals surface area contributed by atoms with E-state index in [0.29, 0.717) is 18.8 Å². The van der Waals surface area contributed by atoms with Gasteiger partial charge in [-0.1, -0.05) is 0 Å². The van der Waals surface area contributed by atoms with Gasteiger partial charge in [0.25, 0.3) is 0 Å². The van der Waals surface area contributed by atoms with Crippen LogP contribution in [-0.2, 0) is 4.74 Å². The molecular formula is C17H27N3O3. The van der Waals surface area contributed by atoms with Crippen LogP contribution >= 0.6 is 0 Å². The Labute approximate surface area is 138 Å². The number of hydrogen-bond donors (Lipinski definition) is 1. The quantitative estimate of drug-likeness (QED) is 0.848. The van der Waals surface area contributed by atoms with Crippen molar-refractivity contribution in [3.8, 4) is 5.75 Å². The summed E-state index contributed by atoms with van der Waals surface area (Å²) in [5.41, 5.74) is 7.16. The lowest BCUT2D eigenvalue weighted by Crippen LogP contribution is -2.39. The Bertz CT molecular complexity index is 555. The van der Waals surface area contributed by atoms with Crippen molar-refractivity contribution >= 4 is 17.5 Å². The standard InChI is InChI=1S/C17H27N3O3/c1-17(2,3)23-16(21)20-7-5-6-19(8-9-20)14-10-13(18)11-15(12-14)22-4/h10-12H,5-9,18H2,1-4H3. The number of nitrogen functional groups attached to an aromatic ring is 1.